The van der Waals surface area contributed by atoms with Crippen molar-refractivity contribution in [2.45, 2.75) is 82.6 Å². The van der Waals surface area contributed by atoms with Crippen molar-refractivity contribution in [2.75, 3.05) is 26.8 Å². The summed E-state index contributed by atoms with van der Waals surface area (Å²) in [5.41, 5.74) is 7.51. The zero-order valence-corrected chi connectivity index (χ0v) is 27.1. The molecule has 3 aromatic rings. The van der Waals surface area contributed by atoms with Crippen LogP contribution < -0.4 is 10.8 Å². The fourth-order valence-electron chi connectivity index (χ4n) is 6.45. The Balaban J connectivity index is 1.27. The van der Waals surface area contributed by atoms with Crippen molar-refractivity contribution in [3.05, 3.63) is 95.1 Å². The van der Waals surface area contributed by atoms with Crippen LogP contribution in [0.4, 0.5) is 0 Å². The van der Waals surface area contributed by atoms with E-state index in [1.807, 2.05) is 48.5 Å². The molecule has 0 unspecified atom stereocenters. The highest BCUT2D eigenvalue weighted by atomic mass is 16.7. The molecule has 4 atom stereocenters. The van der Waals surface area contributed by atoms with Gasteiger partial charge in [0.25, 0.3) is 0 Å². The average molecular weight is 646 g/mol. The van der Waals surface area contributed by atoms with Gasteiger partial charge in [0.1, 0.15) is 0 Å². The van der Waals surface area contributed by atoms with E-state index in [-0.39, 0.29) is 31.1 Å². The van der Waals surface area contributed by atoms with E-state index in [4.69, 9.17) is 19.4 Å². The third-order valence-electron chi connectivity index (χ3n) is 9.00. The molecule has 0 aromatic heterocycles. The van der Waals surface area contributed by atoms with Crippen molar-refractivity contribution in [1.29, 1.82) is 0 Å². The van der Waals surface area contributed by atoms with Crippen LogP contribution in [0.3, 0.4) is 0 Å². The van der Waals surface area contributed by atoms with E-state index < -0.39 is 12.2 Å². The summed E-state index contributed by atoms with van der Waals surface area (Å²) < 4.78 is 18.8. The number of amides is 2. The molecule has 0 radical (unpaired) electrons. The second-order valence-corrected chi connectivity index (χ2v) is 12.4. The lowest BCUT2D eigenvalue weighted by atomic mass is 9.98. The zero-order chi connectivity index (χ0) is 33.0. The van der Waals surface area contributed by atoms with E-state index in [9.17, 15) is 14.7 Å². The predicted molar refractivity (Wildman–Crippen MR) is 177 cm³/mol. The highest BCUT2D eigenvalue weighted by Gasteiger charge is 2.35. The van der Waals surface area contributed by atoms with Crippen LogP contribution in [0.2, 0.25) is 0 Å². The Morgan fingerprint density at radius 2 is 1.66 bits per heavy atom. The van der Waals surface area contributed by atoms with Gasteiger partial charge in [-0.1, -0.05) is 60.7 Å². The van der Waals surface area contributed by atoms with Gasteiger partial charge < -0.3 is 24.6 Å². The molecule has 0 spiro atoms. The summed E-state index contributed by atoms with van der Waals surface area (Å²) in [5, 5.41) is 21.1. The molecule has 2 saturated heterocycles. The minimum Gasteiger partial charge on any atom is -0.392 e. The molecule has 2 aliphatic heterocycles. The molecule has 2 aliphatic rings. The molecule has 0 aliphatic carbocycles. The Kier molecular flexibility index (Phi) is 12.9. The number of carbonyl (C=O) groups excluding carboxylic acids is 2. The number of benzene rings is 3. The summed E-state index contributed by atoms with van der Waals surface area (Å²) in [4.78, 5) is 26.0. The van der Waals surface area contributed by atoms with Gasteiger partial charge in [0.05, 0.1) is 25.4 Å². The van der Waals surface area contributed by atoms with Crippen LogP contribution in [0.25, 0.3) is 11.1 Å². The van der Waals surface area contributed by atoms with Crippen LogP contribution in [-0.2, 0) is 37.0 Å². The third kappa shape index (κ3) is 9.93. The standard InChI is InChI=1S/C37H47N3O7/c1-45-25-32-11-6-18-40(32)23-33-21-34(28-16-14-26(24-41)15-17-28)47-37(46-33)31-10-5-9-30(20-31)29-8-4-7-27(19-29)22-38-35(42)12-2-3-13-36(43)39-44/h4-5,7-10,14-17,19-20,32-34,37,41,44H,2-3,6,11-13,18,21-25H2,1H3,(H,38,42)(H,39,43)/t32-,33-,34+,37+/m0/s1. The van der Waals surface area contributed by atoms with E-state index in [1.54, 1.807) is 12.6 Å². The largest absolute Gasteiger partial charge is 0.392 e. The van der Waals surface area contributed by atoms with Gasteiger partial charge in [0, 0.05) is 51.1 Å². The maximum absolute atomic E-state index is 12.3. The normalized spacial score (nSPS) is 21.4. The molecule has 0 saturated carbocycles. The summed E-state index contributed by atoms with van der Waals surface area (Å²) >= 11 is 0. The fraction of sp³-hybridized carbons (Fsp3) is 0.459. The van der Waals surface area contributed by atoms with Gasteiger partial charge in [0.15, 0.2) is 6.29 Å². The maximum atomic E-state index is 12.3. The van der Waals surface area contributed by atoms with Gasteiger partial charge in [-0.3, -0.25) is 19.7 Å². The molecule has 0 bridgehead atoms. The quantitative estimate of drug-likeness (QED) is 0.101. The lowest BCUT2D eigenvalue weighted by Crippen LogP contribution is -2.42. The number of unbranched alkanes of at least 4 members (excludes halogenated alkanes) is 1. The summed E-state index contributed by atoms with van der Waals surface area (Å²) in [6.07, 6.45) is 3.89. The van der Waals surface area contributed by atoms with E-state index >= 15 is 0 Å². The molecule has 252 valence electrons. The van der Waals surface area contributed by atoms with Crippen molar-refractivity contribution in [2.24, 2.45) is 0 Å². The van der Waals surface area contributed by atoms with Crippen molar-refractivity contribution in [3.8, 4) is 11.1 Å². The Morgan fingerprint density at radius 3 is 2.40 bits per heavy atom. The van der Waals surface area contributed by atoms with Crippen LogP contribution in [0.5, 0.6) is 0 Å². The molecule has 10 heteroatoms. The number of hydroxylamine groups is 1. The molecular formula is C37H47N3O7. The molecule has 47 heavy (non-hydrogen) atoms. The van der Waals surface area contributed by atoms with Crippen molar-refractivity contribution < 1.29 is 34.1 Å². The Bertz CT molecular complexity index is 1450. The number of nitrogens with one attached hydrogen (secondary N) is 2. The van der Waals surface area contributed by atoms with Crippen molar-refractivity contribution >= 4 is 11.8 Å². The predicted octanol–water partition coefficient (Wildman–Crippen LogP) is 5.18. The van der Waals surface area contributed by atoms with E-state index in [2.05, 4.69) is 34.5 Å². The first-order valence-corrected chi connectivity index (χ1v) is 16.6. The third-order valence-corrected chi connectivity index (χ3v) is 9.00. The molecule has 4 N–H and O–H groups in total. The Hall–Kier alpha value is -3.64. The van der Waals surface area contributed by atoms with Crippen LogP contribution >= 0.6 is 0 Å². The van der Waals surface area contributed by atoms with Gasteiger partial charge in [-0.15, -0.1) is 0 Å². The Labute approximate surface area is 277 Å². The molecular weight excluding hydrogens is 598 g/mol. The number of ether oxygens (including phenoxy) is 3. The smallest absolute Gasteiger partial charge is 0.243 e. The van der Waals surface area contributed by atoms with Crippen LogP contribution in [0, 0.1) is 0 Å². The highest BCUT2D eigenvalue weighted by molar-refractivity contribution is 5.76. The highest BCUT2D eigenvalue weighted by Crippen LogP contribution is 2.39. The van der Waals surface area contributed by atoms with Gasteiger partial charge >= 0.3 is 0 Å². The zero-order valence-electron chi connectivity index (χ0n) is 27.1. The molecule has 2 fully saturated rings. The number of nitrogens with zero attached hydrogens (tertiary/aromatic N) is 1. The van der Waals surface area contributed by atoms with Crippen LogP contribution in [0.15, 0.2) is 72.8 Å². The molecule has 2 amide bonds. The summed E-state index contributed by atoms with van der Waals surface area (Å²) in [6, 6.07) is 24.7. The first-order valence-electron chi connectivity index (χ1n) is 16.6. The van der Waals surface area contributed by atoms with Gasteiger partial charge in [0.2, 0.25) is 11.8 Å². The number of hydrogen-bond donors (Lipinski definition) is 4. The molecule has 10 nitrogen and oxygen atoms in total. The summed E-state index contributed by atoms with van der Waals surface area (Å²) in [6.45, 7) is 2.96. The number of aliphatic hydroxyl groups excluding tert-OH is 1. The van der Waals surface area contributed by atoms with Crippen LogP contribution in [-0.4, -0.2) is 66.0 Å². The summed E-state index contributed by atoms with van der Waals surface area (Å²) in [7, 11) is 1.76. The Morgan fingerprint density at radius 1 is 0.915 bits per heavy atom. The van der Waals surface area contributed by atoms with E-state index in [0.29, 0.717) is 31.8 Å². The number of rotatable bonds is 15. The minimum atomic E-state index is -0.550. The summed E-state index contributed by atoms with van der Waals surface area (Å²) in [5.74, 6) is -0.523. The van der Waals surface area contributed by atoms with Crippen molar-refractivity contribution in [3.63, 3.8) is 0 Å². The van der Waals surface area contributed by atoms with E-state index in [1.165, 1.54) is 0 Å². The second-order valence-electron chi connectivity index (χ2n) is 12.4. The number of methoxy groups -OCH3 is 1. The topological polar surface area (TPSA) is 130 Å². The molecule has 3 aromatic carbocycles. The fourth-order valence-corrected chi connectivity index (χ4v) is 6.45. The lowest BCUT2D eigenvalue weighted by molar-refractivity contribution is -0.253. The first kappa shape index (κ1) is 34.7. The average Bonchev–Trinajstić information content (AvgIpc) is 3.55. The monoisotopic (exact) mass is 645 g/mol. The molecule has 2 heterocycles. The minimum absolute atomic E-state index is 0.00374. The maximum Gasteiger partial charge on any atom is 0.243 e. The number of carbonyl (C=O) groups is 2. The number of aliphatic hydroxyl groups is 1. The SMILES string of the molecule is COC[C@@H]1CCCN1C[C@@H]1C[C@H](c2ccc(CO)cc2)O[C@H](c2cccc(-c3cccc(CNC(=O)CCCCC(=O)NO)c3)c2)O1. The van der Waals surface area contributed by atoms with Crippen molar-refractivity contribution in [1.82, 2.24) is 15.7 Å². The second kappa shape index (κ2) is 17.5. The molecule has 5 rings (SSSR count). The van der Waals surface area contributed by atoms with Crippen LogP contribution in [0.1, 0.15) is 79.6 Å². The van der Waals surface area contributed by atoms with Gasteiger partial charge in [-0.25, -0.2) is 5.48 Å². The number of likely N-dealkylation sites (tertiary alicyclic amines) is 1. The number of hydrogen-bond acceptors (Lipinski definition) is 8. The first-order chi connectivity index (χ1) is 22.9. The lowest BCUT2D eigenvalue weighted by Gasteiger charge is -2.39. The van der Waals surface area contributed by atoms with Gasteiger partial charge in [-0.2, -0.15) is 0 Å². The van der Waals surface area contributed by atoms with Gasteiger partial charge in [-0.05, 0) is 72.2 Å². The van der Waals surface area contributed by atoms with E-state index in [0.717, 1.165) is 72.3 Å².